The van der Waals surface area contributed by atoms with Crippen molar-refractivity contribution in [1.29, 1.82) is 0 Å². The van der Waals surface area contributed by atoms with Gasteiger partial charge in [0.25, 0.3) is 0 Å². The number of carboxylic acid groups (broad SMARTS) is 2. The Bertz CT molecular complexity index is 555. The Morgan fingerprint density at radius 2 is 1.03 bits per heavy atom. The van der Waals surface area contributed by atoms with Crippen LogP contribution in [0.1, 0.15) is 130 Å². The molecule has 2 unspecified atom stereocenters. The van der Waals surface area contributed by atoms with Crippen LogP contribution in [0.4, 0.5) is 0 Å². The Morgan fingerprint density at radius 3 is 1.29 bits per heavy atom. The fraction of sp³-hybridized carbons (Fsp3) is 0.923. The van der Waals surface area contributed by atoms with Gasteiger partial charge in [0.2, 0.25) is 0 Å². The normalized spacial score (nSPS) is 24.6. The van der Waals surface area contributed by atoms with Crippen molar-refractivity contribution in [2.45, 2.75) is 140 Å². The van der Waals surface area contributed by atoms with Crippen LogP contribution in [0.15, 0.2) is 0 Å². The van der Waals surface area contributed by atoms with Crippen LogP contribution in [0.2, 0.25) is 0 Å². The molecule has 0 aromatic heterocycles. The summed E-state index contributed by atoms with van der Waals surface area (Å²) < 4.78 is -2.18. The highest BCUT2D eigenvalue weighted by Gasteiger charge is 2.62. The van der Waals surface area contributed by atoms with E-state index in [1.165, 1.54) is 11.8 Å². The molecule has 0 amide bonds. The van der Waals surface area contributed by atoms with E-state index in [1.54, 1.807) is 0 Å². The van der Waals surface area contributed by atoms with Crippen LogP contribution in [0, 0.1) is 10.8 Å². The highest BCUT2D eigenvalue weighted by molar-refractivity contribution is 8.03. The van der Waals surface area contributed by atoms with Gasteiger partial charge in [-0.2, -0.15) is 0 Å². The molecule has 2 atom stereocenters. The highest BCUT2D eigenvalue weighted by Crippen LogP contribution is 2.63. The van der Waals surface area contributed by atoms with Gasteiger partial charge in [-0.05, 0) is 63.2 Å². The second-order valence-corrected chi connectivity index (χ2v) is 12.5. The lowest BCUT2D eigenvalue weighted by Gasteiger charge is -2.55. The third kappa shape index (κ3) is 5.12. The average molecular weight is 455 g/mol. The van der Waals surface area contributed by atoms with Gasteiger partial charge in [-0.15, -0.1) is 11.8 Å². The van der Waals surface area contributed by atoms with Crippen LogP contribution in [-0.2, 0) is 9.59 Å². The van der Waals surface area contributed by atoms with E-state index in [0.717, 1.165) is 103 Å². The predicted octanol–water partition coefficient (Wildman–Crippen LogP) is 7.69. The summed E-state index contributed by atoms with van der Waals surface area (Å²) in [6.45, 7) is 8.06. The maximum atomic E-state index is 13.0. The van der Waals surface area contributed by atoms with E-state index in [0.29, 0.717) is 0 Å². The average Bonchev–Trinajstić information content (AvgIpc) is 2.77. The molecule has 0 aromatic carbocycles. The zero-order valence-corrected chi connectivity index (χ0v) is 21.2. The molecule has 2 fully saturated rings. The zero-order valence-electron chi connectivity index (χ0n) is 20.4. The molecule has 2 N–H and O–H groups in total. The van der Waals surface area contributed by atoms with Gasteiger partial charge in [-0.3, -0.25) is 9.59 Å². The molecule has 2 aliphatic rings. The Morgan fingerprint density at radius 1 is 0.710 bits per heavy atom. The molecule has 31 heavy (non-hydrogen) atoms. The van der Waals surface area contributed by atoms with Crippen molar-refractivity contribution in [1.82, 2.24) is 0 Å². The maximum absolute atomic E-state index is 13.0. The van der Waals surface area contributed by atoms with Crippen LogP contribution in [-0.4, -0.2) is 31.6 Å². The van der Waals surface area contributed by atoms with Crippen molar-refractivity contribution in [3.63, 3.8) is 0 Å². The molecule has 0 aliphatic heterocycles. The quantitative estimate of drug-likeness (QED) is 0.316. The molecule has 0 spiro atoms. The van der Waals surface area contributed by atoms with Crippen molar-refractivity contribution in [2.24, 2.45) is 10.8 Å². The third-order valence-corrected chi connectivity index (χ3v) is 10.9. The second kappa shape index (κ2) is 10.9. The first-order valence-corrected chi connectivity index (χ1v) is 13.6. The number of unbranched alkanes of at least 4 members (excludes halogenated alkanes) is 2. The topological polar surface area (TPSA) is 74.6 Å². The van der Waals surface area contributed by atoms with Gasteiger partial charge in [0.05, 0.1) is 0 Å². The summed E-state index contributed by atoms with van der Waals surface area (Å²) in [4.78, 5) is 26.0. The standard InChI is InChI=1S/C26H46O4S/c1-5-7-15-25(17-11-9-12-18-25)23(3,21(27)28)31-24(4,22(29)30)26(16-8-6-2)19-13-10-14-20-26/h5-20H2,1-4H3,(H,27,28)(H,29,30). The fourth-order valence-corrected chi connectivity index (χ4v) is 8.62. The first-order chi connectivity index (χ1) is 14.6. The number of aliphatic carboxylic acids is 2. The first-order valence-electron chi connectivity index (χ1n) is 12.8. The summed E-state index contributed by atoms with van der Waals surface area (Å²) in [5, 5.41) is 21.3. The minimum Gasteiger partial charge on any atom is -0.480 e. The highest BCUT2D eigenvalue weighted by atomic mass is 32.2. The third-order valence-electron chi connectivity index (χ3n) is 8.89. The van der Waals surface area contributed by atoms with Gasteiger partial charge in [0.15, 0.2) is 0 Å². The van der Waals surface area contributed by atoms with Gasteiger partial charge in [-0.25, -0.2) is 0 Å². The largest absolute Gasteiger partial charge is 0.480 e. The van der Waals surface area contributed by atoms with Crippen molar-refractivity contribution >= 4 is 23.7 Å². The summed E-state index contributed by atoms with van der Waals surface area (Å²) in [5.74, 6) is -1.63. The van der Waals surface area contributed by atoms with Crippen molar-refractivity contribution in [2.75, 3.05) is 0 Å². The molecule has 0 aromatic rings. The maximum Gasteiger partial charge on any atom is 0.320 e. The molecule has 180 valence electrons. The molecule has 2 rings (SSSR count). The van der Waals surface area contributed by atoms with E-state index < -0.39 is 21.4 Å². The minimum absolute atomic E-state index is 0.324. The van der Waals surface area contributed by atoms with Crippen molar-refractivity contribution in [3.8, 4) is 0 Å². The number of hydrogen-bond donors (Lipinski definition) is 2. The monoisotopic (exact) mass is 454 g/mol. The van der Waals surface area contributed by atoms with Gasteiger partial charge in [-0.1, -0.05) is 78.1 Å². The predicted molar refractivity (Wildman–Crippen MR) is 130 cm³/mol. The van der Waals surface area contributed by atoms with Crippen LogP contribution >= 0.6 is 11.8 Å². The molecular formula is C26H46O4S. The number of rotatable bonds is 12. The van der Waals surface area contributed by atoms with E-state index >= 15 is 0 Å². The molecule has 5 heteroatoms. The lowest BCUT2D eigenvalue weighted by Crippen LogP contribution is -2.58. The number of hydrogen-bond acceptors (Lipinski definition) is 3. The SMILES string of the molecule is CCCCC1(C(C)(SC(C)(C(=O)O)C2(CCCC)CCCCC2)C(=O)O)CCCCC1. The Labute approximate surface area is 194 Å². The minimum atomic E-state index is -1.09. The number of carboxylic acids is 2. The van der Waals surface area contributed by atoms with Crippen LogP contribution in [0.5, 0.6) is 0 Å². The molecule has 0 heterocycles. The van der Waals surface area contributed by atoms with Gasteiger partial charge in [0, 0.05) is 0 Å². The summed E-state index contributed by atoms with van der Waals surface area (Å²) in [5.41, 5.74) is -0.649. The van der Waals surface area contributed by atoms with Crippen LogP contribution < -0.4 is 0 Å². The summed E-state index contributed by atoms with van der Waals surface area (Å²) in [6.07, 6.45) is 16.0. The van der Waals surface area contributed by atoms with E-state index in [9.17, 15) is 19.8 Å². The van der Waals surface area contributed by atoms with E-state index in [4.69, 9.17) is 0 Å². The van der Waals surface area contributed by atoms with Gasteiger partial charge >= 0.3 is 11.9 Å². The lowest BCUT2D eigenvalue weighted by molar-refractivity contribution is -0.145. The smallest absolute Gasteiger partial charge is 0.320 e. The summed E-state index contributed by atoms with van der Waals surface area (Å²) >= 11 is 1.32. The fourth-order valence-electron chi connectivity index (χ4n) is 6.58. The van der Waals surface area contributed by atoms with Gasteiger partial charge in [0.1, 0.15) is 9.49 Å². The number of thioether (sulfide) groups is 1. The van der Waals surface area contributed by atoms with Crippen LogP contribution in [0.25, 0.3) is 0 Å². The molecule has 0 bridgehead atoms. The lowest BCUT2D eigenvalue weighted by atomic mass is 9.62. The Hall–Kier alpha value is -0.710. The molecule has 0 saturated heterocycles. The number of carbonyl (C=O) groups is 2. The molecule has 2 saturated carbocycles. The van der Waals surface area contributed by atoms with E-state index in [-0.39, 0.29) is 10.8 Å². The van der Waals surface area contributed by atoms with Gasteiger partial charge < -0.3 is 10.2 Å². The Kier molecular flexibility index (Phi) is 9.37. The van der Waals surface area contributed by atoms with Crippen molar-refractivity contribution in [3.05, 3.63) is 0 Å². The second-order valence-electron chi connectivity index (χ2n) is 10.7. The summed E-state index contributed by atoms with van der Waals surface area (Å²) in [7, 11) is 0. The van der Waals surface area contributed by atoms with E-state index in [1.807, 2.05) is 13.8 Å². The Balaban J connectivity index is 2.54. The molecule has 0 radical (unpaired) electrons. The molecule has 4 nitrogen and oxygen atoms in total. The van der Waals surface area contributed by atoms with E-state index in [2.05, 4.69) is 13.8 Å². The molecular weight excluding hydrogens is 408 g/mol. The van der Waals surface area contributed by atoms with Crippen LogP contribution in [0.3, 0.4) is 0 Å². The molecule has 2 aliphatic carbocycles. The van der Waals surface area contributed by atoms with Crippen molar-refractivity contribution < 1.29 is 19.8 Å². The zero-order chi connectivity index (χ0) is 23.2. The first kappa shape index (κ1) is 26.5. The summed E-state index contributed by atoms with van der Waals surface area (Å²) in [6, 6.07) is 0.